The molecule has 0 saturated heterocycles. The van der Waals surface area contributed by atoms with Crippen molar-refractivity contribution in [2.24, 2.45) is 0 Å². The highest BCUT2D eigenvalue weighted by Crippen LogP contribution is 2.23. The summed E-state index contributed by atoms with van der Waals surface area (Å²) in [7, 11) is 3.65. The van der Waals surface area contributed by atoms with Crippen molar-refractivity contribution in [1.29, 1.82) is 0 Å². The van der Waals surface area contributed by atoms with E-state index in [4.69, 9.17) is 5.73 Å². The highest BCUT2D eigenvalue weighted by Gasteiger charge is 2.11. The molecule has 0 radical (unpaired) electrons. The molecule has 21 heavy (non-hydrogen) atoms. The Morgan fingerprint density at radius 1 is 1.19 bits per heavy atom. The molecule has 0 aliphatic rings. The minimum absolute atomic E-state index is 0.264. The van der Waals surface area contributed by atoms with E-state index < -0.39 is 0 Å². The Morgan fingerprint density at radius 2 is 1.86 bits per heavy atom. The largest absolute Gasteiger partial charge is 0.393 e. The molecule has 0 bridgehead atoms. The third kappa shape index (κ3) is 3.38. The van der Waals surface area contributed by atoms with Gasteiger partial charge in [0, 0.05) is 19.7 Å². The van der Waals surface area contributed by atoms with Gasteiger partial charge in [-0.1, -0.05) is 17.7 Å². The standard InChI is InChI=1S/C14H18N6O/c1-9-4-6-10(7-5-9)14(21)19-18-12-11(15)13(20(2)3)17-8-16-12/h4-8H,15H2,1-3H3,(H,19,21)(H,16,17,18). The lowest BCUT2D eigenvalue weighted by Gasteiger charge is -2.16. The van der Waals surface area contributed by atoms with Gasteiger partial charge in [0.2, 0.25) is 0 Å². The minimum Gasteiger partial charge on any atom is -0.393 e. The summed E-state index contributed by atoms with van der Waals surface area (Å²) in [4.78, 5) is 21.8. The number of carbonyl (C=O) groups excluding carboxylic acids is 1. The Kier molecular flexibility index (Phi) is 4.22. The number of carbonyl (C=O) groups is 1. The topological polar surface area (TPSA) is 96.2 Å². The van der Waals surface area contributed by atoms with Gasteiger partial charge in [-0.25, -0.2) is 9.97 Å². The van der Waals surface area contributed by atoms with Gasteiger partial charge in [-0.2, -0.15) is 0 Å². The summed E-state index contributed by atoms with van der Waals surface area (Å²) in [6.07, 6.45) is 1.38. The first-order chi connectivity index (χ1) is 9.99. The summed E-state index contributed by atoms with van der Waals surface area (Å²) in [5.41, 5.74) is 13.2. The summed E-state index contributed by atoms with van der Waals surface area (Å²) in [6, 6.07) is 7.25. The Balaban J connectivity index is 2.08. The van der Waals surface area contributed by atoms with E-state index in [1.807, 2.05) is 33.2 Å². The van der Waals surface area contributed by atoms with Crippen molar-refractivity contribution in [3.63, 3.8) is 0 Å². The highest BCUT2D eigenvalue weighted by atomic mass is 16.2. The highest BCUT2D eigenvalue weighted by molar-refractivity contribution is 5.95. The Hall–Kier alpha value is -2.83. The molecule has 1 aromatic heterocycles. The van der Waals surface area contributed by atoms with Crippen LogP contribution in [0.15, 0.2) is 30.6 Å². The molecule has 0 spiro atoms. The van der Waals surface area contributed by atoms with Gasteiger partial charge in [-0.3, -0.25) is 15.6 Å². The maximum atomic E-state index is 12.0. The molecular weight excluding hydrogens is 268 g/mol. The van der Waals surface area contributed by atoms with Crippen molar-refractivity contribution in [2.75, 3.05) is 30.2 Å². The number of hydrogen-bond acceptors (Lipinski definition) is 6. The van der Waals surface area contributed by atoms with Gasteiger partial charge in [0.05, 0.1) is 0 Å². The average molecular weight is 286 g/mol. The number of aromatic nitrogens is 2. The van der Waals surface area contributed by atoms with E-state index in [9.17, 15) is 4.79 Å². The van der Waals surface area contributed by atoms with E-state index in [0.29, 0.717) is 22.9 Å². The van der Waals surface area contributed by atoms with Crippen LogP contribution in [0.25, 0.3) is 0 Å². The van der Waals surface area contributed by atoms with Crippen LogP contribution in [0.5, 0.6) is 0 Å². The number of amides is 1. The lowest BCUT2D eigenvalue weighted by molar-refractivity contribution is 0.0962. The number of hydrogen-bond donors (Lipinski definition) is 3. The van der Waals surface area contributed by atoms with Crippen molar-refractivity contribution in [3.05, 3.63) is 41.7 Å². The molecule has 0 saturated carbocycles. The van der Waals surface area contributed by atoms with Gasteiger partial charge >= 0.3 is 0 Å². The molecule has 1 heterocycles. The van der Waals surface area contributed by atoms with Crippen LogP contribution in [0, 0.1) is 6.92 Å². The SMILES string of the molecule is Cc1ccc(C(=O)NNc2ncnc(N(C)C)c2N)cc1. The Morgan fingerprint density at radius 3 is 2.48 bits per heavy atom. The summed E-state index contributed by atoms with van der Waals surface area (Å²) in [5.74, 6) is 0.672. The molecule has 0 aliphatic carbocycles. The van der Waals surface area contributed by atoms with Crippen molar-refractivity contribution in [2.45, 2.75) is 6.92 Å². The number of anilines is 3. The average Bonchev–Trinajstić information content (AvgIpc) is 2.46. The van der Waals surface area contributed by atoms with Crippen LogP contribution in [0.4, 0.5) is 17.3 Å². The predicted octanol–water partition coefficient (Wildman–Crippen LogP) is 1.19. The molecule has 2 aromatic rings. The number of nitrogen functional groups attached to an aromatic ring is 1. The van der Waals surface area contributed by atoms with Gasteiger partial charge in [-0.05, 0) is 19.1 Å². The fourth-order valence-corrected chi connectivity index (χ4v) is 1.74. The second-order valence-corrected chi connectivity index (χ2v) is 4.80. The van der Waals surface area contributed by atoms with Crippen molar-refractivity contribution in [1.82, 2.24) is 15.4 Å². The molecule has 0 fully saturated rings. The first-order valence-electron chi connectivity index (χ1n) is 6.40. The van der Waals surface area contributed by atoms with Crippen molar-refractivity contribution < 1.29 is 4.79 Å². The summed E-state index contributed by atoms with van der Waals surface area (Å²) < 4.78 is 0. The first-order valence-corrected chi connectivity index (χ1v) is 6.40. The maximum Gasteiger partial charge on any atom is 0.269 e. The van der Waals surface area contributed by atoms with Gasteiger partial charge in [0.1, 0.15) is 12.0 Å². The van der Waals surface area contributed by atoms with Gasteiger partial charge in [0.25, 0.3) is 5.91 Å². The lowest BCUT2D eigenvalue weighted by Crippen LogP contribution is -2.30. The van der Waals surface area contributed by atoms with Crippen LogP contribution in [0.1, 0.15) is 15.9 Å². The van der Waals surface area contributed by atoms with E-state index >= 15 is 0 Å². The van der Waals surface area contributed by atoms with Crippen molar-refractivity contribution in [3.8, 4) is 0 Å². The lowest BCUT2D eigenvalue weighted by atomic mass is 10.1. The molecule has 2 rings (SSSR count). The van der Waals surface area contributed by atoms with Crippen LogP contribution in [0.2, 0.25) is 0 Å². The molecule has 110 valence electrons. The zero-order chi connectivity index (χ0) is 15.4. The smallest absolute Gasteiger partial charge is 0.269 e. The van der Waals surface area contributed by atoms with Crippen LogP contribution in [-0.4, -0.2) is 30.0 Å². The number of hydrazine groups is 1. The first kappa shape index (κ1) is 14.6. The quantitative estimate of drug-likeness (QED) is 0.731. The number of nitrogens with one attached hydrogen (secondary N) is 2. The normalized spacial score (nSPS) is 10.0. The third-order valence-corrected chi connectivity index (χ3v) is 2.89. The molecule has 1 aromatic carbocycles. The fourth-order valence-electron chi connectivity index (χ4n) is 1.74. The summed E-state index contributed by atoms with van der Waals surface area (Å²) in [5, 5.41) is 0. The zero-order valence-corrected chi connectivity index (χ0v) is 12.2. The summed E-state index contributed by atoms with van der Waals surface area (Å²) >= 11 is 0. The van der Waals surface area contributed by atoms with Crippen LogP contribution < -0.4 is 21.5 Å². The Bertz CT molecular complexity index is 638. The summed E-state index contributed by atoms with van der Waals surface area (Å²) in [6.45, 7) is 1.96. The van der Waals surface area contributed by atoms with Gasteiger partial charge in [0.15, 0.2) is 11.6 Å². The number of aryl methyl sites for hydroxylation is 1. The van der Waals surface area contributed by atoms with E-state index in [1.165, 1.54) is 6.33 Å². The van der Waals surface area contributed by atoms with Crippen molar-refractivity contribution >= 4 is 23.2 Å². The number of nitrogens with zero attached hydrogens (tertiary/aromatic N) is 3. The fraction of sp³-hybridized carbons (Fsp3) is 0.214. The third-order valence-electron chi connectivity index (χ3n) is 2.89. The minimum atomic E-state index is -0.264. The number of benzene rings is 1. The molecule has 0 aliphatic heterocycles. The number of rotatable bonds is 4. The molecule has 1 amide bonds. The van der Waals surface area contributed by atoms with Gasteiger partial charge in [-0.15, -0.1) is 0 Å². The van der Waals surface area contributed by atoms with Crippen LogP contribution in [-0.2, 0) is 0 Å². The number of nitrogens with two attached hydrogens (primary N) is 1. The molecule has 0 atom stereocenters. The molecular formula is C14H18N6O. The molecule has 7 nitrogen and oxygen atoms in total. The molecule has 0 unspecified atom stereocenters. The van der Waals surface area contributed by atoms with Gasteiger partial charge < -0.3 is 10.6 Å². The Labute approximate surface area is 123 Å². The predicted molar refractivity (Wildman–Crippen MR) is 83.0 cm³/mol. The zero-order valence-electron chi connectivity index (χ0n) is 12.2. The second kappa shape index (κ2) is 6.08. The van der Waals surface area contributed by atoms with E-state index in [0.717, 1.165) is 5.56 Å². The molecule has 7 heteroatoms. The maximum absolute atomic E-state index is 12.0. The van der Waals surface area contributed by atoms with E-state index in [1.54, 1.807) is 17.0 Å². The van der Waals surface area contributed by atoms with E-state index in [-0.39, 0.29) is 5.91 Å². The monoisotopic (exact) mass is 286 g/mol. The van der Waals surface area contributed by atoms with Crippen LogP contribution in [0.3, 0.4) is 0 Å². The molecule has 4 N–H and O–H groups in total. The second-order valence-electron chi connectivity index (χ2n) is 4.80. The van der Waals surface area contributed by atoms with Crippen LogP contribution >= 0.6 is 0 Å². The van der Waals surface area contributed by atoms with E-state index in [2.05, 4.69) is 20.8 Å².